The summed E-state index contributed by atoms with van der Waals surface area (Å²) in [7, 11) is 2.59. The van der Waals surface area contributed by atoms with Crippen LogP contribution in [0.2, 0.25) is 0 Å². The van der Waals surface area contributed by atoms with Gasteiger partial charge in [-0.15, -0.1) is 0 Å². The molecule has 11 heteroatoms. The maximum absolute atomic E-state index is 14.7. The molecular weight excluding hydrogens is 403 g/mol. The van der Waals surface area contributed by atoms with Gasteiger partial charge in [-0.3, -0.25) is 9.48 Å². The number of hydrogen-bond acceptors (Lipinski definition) is 3. The van der Waals surface area contributed by atoms with Gasteiger partial charge < -0.3 is 10.6 Å². The highest BCUT2D eigenvalue weighted by molar-refractivity contribution is 7.80. The molecule has 1 aliphatic heterocycles. The Kier molecular flexibility index (Phi) is 4.69. The quantitative estimate of drug-likeness (QED) is 0.615. The van der Waals surface area contributed by atoms with Gasteiger partial charge in [-0.25, -0.2) is 8.78 Å². The Bertz CT molecular complexity index is 973. The first-order valence-electron chi connectivity index (χ1n) is 8.03. The molecule has 1 aromatic heterocycles. The predicted molar refractivity (Wildman–Crippen MR) is 93.4 cm³/mol. The molecule has 0 bridgehead atoms. The Balaban J connectivity index is 2.30. The molecule has 150 valence electrons. The molecule has 1 saturated heterocycles. The summed E-state index contributed by atoms with van der Waals surface area (Å²) in [5.41, 5.74) is 1.90. The number of thiocarbonyl (C=S) groups is 1. The van der Waals surface area contributed by atoms with E-state index >= 15 is 0 Å². The molecule has 2 unspecified atom stereocenters. The fourth-order valence-electron chi connectivity index (χ4n) is 3.71. The number of hydrogen-bond donors (Lipinski definition) is 1. The largest absolute Gasteiger partial charge is 0.433 e. The molecule has 1 fully saturated rings. The number of primary amides is 1. The minimum Gasteiger partial charge on any atom is -0.369 e. The SMILES string of the molecule is CN1CC(c2cc(C(F)(F)F)n(C)n2)C(C(N)=O)(c2cccc(F)c2F)C1=S. The highest BCUT2D eigenvalue weighted by Crippen LogP contribution is 2.48. The number of alkyl halides is 3. The molecular formula is C17H15F5N4OS. The van der Waals surface area contributed by atoms with Crippen LogP contribution in [0.1, 0.15) is 22.9 Å². The van der Waals surface area contributed by atoms with Crippen molar-refractivity contribution in [1.82, 2.24) is 14.7 Å². The summed E-state index contributed by atoms with van der Waals surface area (Å²) < 4.78 is 68.7. The van der Waals surface area contributed by atoms with E-state index in [4.69, 9.17) is 18.0 Å². The van der Waals surface area contributed by atoms with Crippen molar-refractivity contribution in [3.05, 3.63) is 52.9 Å². The first kappa shape index (κ1) is 20.2. The summed E-state index contributed by atoms with van der Waals surface area (Å²) >= 11 is 5.31. The second-order valence-corrected chi connectivity index (χ2v) is 6.97. The van der Waals surface area contributed by atoms with Gasteiger partial charge in [0.1, 0.15) is 11.1 Å². The zero-order valence-corrected chi connectivity index (χ0v) is 15.5. The van der Waals surface area contributed by atoms with E-state index < -0.39 is 46.3 Å². The van der Waals surface area contributed by atoms with Crippen molar-refractivity contribution in [1.29, 1.82) is 0 Å². The minimum atomic E-state index is -4.69. The van der Waals surface area contributed by atoms with Crippen LogP contribution in [0.5, 0.6) is 0 Å². The van der Waals surface area contributed by atoms with Crippen LogP contribution >= 0.6 is 12.2 Å². The fraction of sp³-hybridized carbons (Fsp3) is 0.353. The van der Waals surface area contributed by atoms with E-state index in [1.165, 1.54) is 18.0 Å². The average Bonchev–Trinajstić information content (AvgIpc) is 3.10. The Morgan fingerprint density at radius 3 is 2.50 bits per heavy atom. The van der Waals surface area contributed by atoms with Gasteiger partial charge in [0, 0.05) is 32.1 Å². The summed E-state index contributed by atoms with van der Waals surface area (Å²) in [4.78, 5) is 13.9. The number of amides is 1. The lowest BCUT2D eigenvalue weighted by Crippen LogP contribution is -2.50. The van der Waals surface area contributed by atoms with Crippen molar-refractivity contribution in [2.45, 2.75) is 17.5 Å². The van der Waals surface area contributed by atoms with Gasteiger partial charge in [-0.1, -0.05) is 24.4 Å². The molecule has 2 atom stereocenters. The van der Waals surface area contributed by atoms with E-state index in [1.807, 2.05) is 0 Å². The second kappa shape index (κ2) is 6.50. The van der Waals surface area contributed by atoms with Gasteiger partial charge in [-0.2, -0.15) is 18.3 Å². The third-order valence-electron chi connectivity index (χ3n) is 4.97. The zero-order chi connectivity index (χ0) is 21.0. The topological polar surface area (TPSA) is 64.2 Å². The van der Waals surface area contributed by atoms with E-state index in [0.717, 1.165) is 25.2 Å². The lowest BCUT2D eigenvalue weighted by atomic mass is 9.70. The van der Waals surface area contributed by atoms with Crippen LogP contribution in [0.25, 0.3) is 0 Å². The number of aromatic nitrogens is 2. The van der Waals surface area contributed by atoms with Crippen LogP contribution in [0.3, 0.4) is 0 Å². The number of aryl methyl sites for hydroxylation is 1. The molecule has 2 aromatic rings. The minimum absolute atomic E-state index is 0.0496. The van der Waals surface area contributed by atoms with Crippen LogP contribution in [0, 0.1) is 11.6 Å². The highest BCUT2D eigenvalue weighted by atomic mass is 32.1. The Morgan fingerprint density at radius 2 is 1.96 bits per heavy atom. The van der Waals surface area contributed by atoms with E-state index in [1.54, 1.807) is 0 Å². The Labute approximate surface area is 161 Å². The zero-order valence-electron chi connectivity index (χ0n) is 14.7. The second-order valence-electron chi connectivity index (χ2n) is 6.59. The monoisotopic (exact) mass is 418 g/mol. The summed E-state index contributed by atoms with van der Waals surface area (Å²) in [6.07, 6.45) is -4.69. The molecule has 3 rings (SSSR count). The van der Waals surface area contributed by atoms with Gasteiger partial charge in [0.15, 0.2) is 11.6 Å². The highest BCUT2D eigenvalue weighted by Gasteiger charge is 2.59. The van der Waals surface area contributed by atoms with Crippen LogP contribution in [0.4, 0.5) is 22.0 Å². The average molecular weight is 418 g/mol. The summed E-state index contributed by atoms with van der Waals surface area (Å²) in [5, 5.41) is 3.87. The third kappa shape index (κ3) is 2.76. The summed E-state index contributed by atoms with van der Waals surface area (Å²) in [6, 6.07) is 3.94. The molecule has 5 nitrogen and oxygen atoms in total. The Hall–Kier alpha value is -2.56. The molecule has 1 aromatic carbocycles. The fourth-order valence-corrected chi connectivity index (χ4v) is 4.13. The van der Waals surface area contributed by atoms with Crippen molar-refractivity contribution in [3.8, 4) is 0 Å². The molecule has 0 aliphatic carbocycles. The number of halogens is 5. The molecule has 2 N–H and O–H groups in total. The molecule has 0 saturated carbocycles. The maximum atomic E-state index is 14.7. The van der Waals surface area contributed by atoms with Crippen LogP contribution < -0.4 is 5.73 Å². The molecule has 0 spiro atoms. The van der Waals surface area contributed by atoms with Crippen molar-refractivity contribution >= 4 is 23.1 Å². The first-order valence-corrected chi connectivity index (χ1v) is 8.44. The number of rotatable bonds is 3. The number of nitrogens with two attached hydrogens (primary N) is 1. The number of likely N-dealkylation sites (tertiary alicyclic amines) is 1. The van der Waals surface area contributed by atoms with Gasteiger partial charge >= 0.3 is 6.18 Å². The lowest BCUT2D eigenvalue weighted by molar-refractivity contribution is -0.143. The maximum Gasteiger partial charge on any atom is 0.433 e. The number of nitrogens with zero attached hydrogens (tertiary/aromatic N) is 3. The number of carbonyl (C=O) groups excluding carboxylic acids is 1. The smallest absolute Gasteiger partial charge is 0.369 e. The lowest BCUT2D eigenvalue weighted by Gasteiger charge is -2.31. The van der Waals surface area contributed by atoms with Gasteiger partial charge in [0.05, 0.1) is 10.7 Å². The van der Waals surface area contributed by atoms with Crippen LogP contribution in [-0.4, -0.2) is 39.2 Å². The van der Waals surface area contributed by atoms with Gasteiger partial charge in [0.25, 0.3) is 0 Å². The van der Waals surface area contributed by atoms with Gasteiger partial charge in [0.2, 0.25) is 5.91 Å². The van der Waals surface area contributed by atoms with Crippen molar-refractivity contribution < 1.29 is 26.7 Å². The number of carbonyl (C=O) groups is 1. The molecule has 1 amide bonds. The number of benzene rings is 1. The first-order chi connectivity index (χ1) is 12.9. The summed E-state index contributed by atoms with van der Waals surface area (Å²) in [5.74, 6) is -4.81. The predicted octanol–water partition coefficient (Wildman–Crippen LogP) is 2.50. The normalized spacial score (nSPS) is 22.8. The van der Waals surface area contributed by atoms with Crippen LogP contribution in [0.15, 0.2) is 24.3 Å². The molecule has 0 radical (unpaired) electrons. The van der Waals surface area contributed by atoms with Gasteiger partial charge in [-0.05, 0) is 12.1 Å². The third-order valence-corrected chi connectivity index (χ3v) is 5.61. The van der Waals surface area contributed by atoms with Crippen molar-refractivity contribution in [2.75, 3.05) is 13.6 Å². The Morgan fingerprint density at radius 1 is 1.32 bits per heavy atom. The van der Waals surface area contributed by atoms with E-state index in [0.29, 0.717) is 4.68 Å². The molecule has 1 aliphatic rings. The van der Waals surface area contributed by atoms with Crippen molar-refractivity contribution in [3.63, 3.8) is 0 Å². The van der Waals surface area contributed by atoms with Crippen LogP contribution in [-0.2, 0) is 23.4 Å². The summed E-state index contributed by atoms with van der Waals surface area (Å²) in [6.45, 7) is -0.0496. The molecule has 2 heterocycles. The van der Waals surface area contributed by atoms with E-state index in [-0.39, 0.29) is 17.2 Å². The van der Waals surface area contributed by atoms with Crippen molar-refractivity contribution in [2.24, 2.45) is 12.8 Å². The standard InChI is InChI=1S/C17H15F5N4OS/c1-25-7-9(11-6-12(17(20,21)22)26(2)24-11)16(14(23)27,15(25)28)8-4-3-5-10(18)13(8)19/h3-6,9H,7H2,1-2H3,(H2,23,27). The van der Waals surface area contributed by atoms with E-state index in [2.05, 4.69) is 5.10 Å². The molecule has 28 heavy (non-hydrogen) atoms. The van der Waals surface area contributed by atoms with E-state index in [9.17, 15) is 26.7 Å². The number of likely N-dealkylation sites (N-methyl/N-ethyl adjacent to an activating group) is 1.